The topological polar surface area (TPSA) is 69.2 Å². The molecule has 0 heterocycles. The summed E-state index contributed by atoms with van der Waals surface area (Å²) in [5.41, 5.74) is 3.12. The van der Waals surface area contributed by atoms with Gasteiger partial charge in [-0.15, -0.1) is 0 Å². The molecule has 6 nitrogen and oxygen atoms in total. The molecule has 144 valence electrons. The van der Waals surface area contributed by atoms with E-state index in [1.54, 1.807) is 26.4 Å². The number of carbonyl (C=O) groups excluding carboxylic acids is 1. The number of methoxy groups -OCH3 is 2. The molecule has 0 spiro atoms. The number of hydrogen-bond donors (Lipinski definition) is 1. The zero-order valence-electron chi connectivity index (χ0n) is 15.4. The summed E-state index contributed by atoms with van der Waals surface area (Å²) < 4.78 is 17.0. The second-order valence-electron chi connectivity index (χ2n) is 5.76. The van der Waals surface area contributed by atoms with Crippen molar-refractivity contribution in [2.75, 3.05) is 20.8 Å². The largest absolute Gasteiger partial charge is 0.493 e. The number of nitrogens with zero attached hydrogens (tertiary/aromatic N) is 1. The first-order chi connectivity index (χ1) is 13.6. The highest BCUT2D eigenvalue weighted by atomic mass is 79.9. The molecule has 0 aliphatic rings. The summed E-state index contributed by atoms with van der Waals surface area (Å²) in [4.78, 5) is 12.0. The Kier molecular flexibility index (Phi) is 6.49. The summed E-state index contributed by atoms with van der Waals surface area (Å²) >= 11 is 3.53. The molecule has 0 aromatic heterocycles. The van der Waals surface area contributed by atoms with Gasteiger partial charge in [-0.2, -0.15) is 5.10 Å². The predicted octanol–water partition coefficient (Wildman–Crippen LogP) is 4.15. The molecule has 7 heteroatoms. The van der Waals surface area contributed by atoms with Gasteiger partial charge in [-0.25, -0.2) is 5.43 Å². The number of benzene rings is 3. The molecule has 1 N–H and O–H groups in total. The average Bonchev–Trinajstić information content (AvgIpc) is 2.73. The summed E-state index contributed by atoms with van der Waals surface area (Å²) in [6.07, 6.45) is 1.49. The number of para-hydroxylation sites is 1. The van der Waals surface area contributed by atoms with Crippen LogP contribution in [0.15, 0.2) is 64.2 Å². The van der Waals surface area contributed by atoms with Crippen molar-refractivity contribution in [3.8, 4) is 17.2 Å². The van der Waals surface area contributed by atoms with Gasteiger partial charge in [-0.3, -0.25) is 4.79 Å². The number of hydrazone groups is 1. The van der Waals surface area contributed by atoms with Gasteiger partial charge in [0.1, 0.15) is 5.75 Å². The number of ether oxygens (including phenoxy) is 3. The lowest BCUT2D eigenvalue weighted by molar-refractivity contribution is -0.123. The number of hydrogen-bond acceptors (Lipinski definition) is 5. The Hall–Kier alpha value is -3.06. The van der Waals surface area contributed by atoms with Gasteiger partial charge in [-0.05, 0) is 44.9 Å². The summed E-state index contributed by atoms with van der Waals surface area (Å²) in [7, 11) is 3.10. The Bertz CT molecular complexity index is 1020. The molecule has 0 radical (unpaired) electrons. The van der Waals surface area contributed by atoms with Crippen LogP contribution in [0.25, 0.3) is 10.8 Å². The zero-order chi connectivity index (χ0) is 19.9. The smallest absolute Gasteiger partial charge is 0.277 e. The highest BCUT2D eigenvalue weighted by Crippen LogP contribution is 2.33. The van der Waals surface area contributed by atoms with Crippen molar-refractivity contribution >= 4 is 38.8 Å². The van der Waals surface area contributed by atoms with Gasteiger partial charge >= 0.3 is 0 Å². The van der Waals surface area contributed by atoms with E-state index < -0.39 is 0 Å². The van der Waals surface area contributed by atoms with E-state index in [-0.39, 0.29) is 12.5 Å². The van der Waals surface area contributed by atoms with Crippen LogP contribution in [0.5, 0.6) is 17.2 Å². The van der Waals surface area contributed by atoms with Crippen molar-refractivity contribution in [3.63, 3.8) is 0 Å². The fourth-order valence-electron chi connectivity index (χ4n) is 2.69. The predicted molar refractivity (Wildman–Crippen MR) is 112 cm³/mol. The molecule has 3 aromatic carbocycles. The number of halogens is 1. The molecule has 0 unspecified atom stereocenters. The fourth-order valence-corrected chi connectivity index (χ4v) is 3.30. The molecule has 3 aromatic rings. The molecule has 28 heavy (non-hydrogen) atoms. The third-order valence-corrected chi connectivity index (χ3v) is 4.83. The summed E-state index contributed by atoms with van der Waals surface area (Å²) in [6.45, 7) is -0.163. The van der Waals surface area contributed by atoms with Crippen LogP contribution in [-0.4, -0.2) is 32.9 Å². The van der Waals surface area contributed by atoms with Crippen molar-refractivity contribution < 1.29 is 19.0 Å². The van der Waals surface area contributed by atoms with E-state index in [4.69, 9.17) is 14.2 Å². The molecule has 0 fully saturated rings. The van der Waals surface area contributed by atoms with Crippen LogP contribution < -0.4 is 19.6 Å². The number of rotatable bonds is 7. The van der Waals surface area contributed by atoms with Gasteiger partial charge < -0.3 is 14.2 Å². The lowest BCUT2D eigenvalue weighted by atomic mass is 10.1. The van der Waals surface area contributed by atoms with Crippen LogP contribution in [0.4, 0.5) is 0 Å². The molecule has 0 saturated heterocycles. The van der Waals surface area contributed by atoms with E-state index >= 15 is 0 Å². The number of nitrogens with one attached hydrogen (secondary N) is 1. The normalized spacial score (nSPS) is 10.8. The lowest BCUT2D eigenvalue weighted by Crippen LogP contribution is -2.24. The van der Waals surface area contributed by atoms with Crippen molar-refractivity contribution in [3.05, 3.63) is 64.6 Å². The van der Waals surface area contributed by atoms with E-state index in [0.29, 0.717) is 22.8 Å². The third-order valence-electron chi connectivity index (χ3n) is 4.01. The second-order valence-corrected chi connectivity index (χ2v) is 6.56. The van der Waals surface area contributed by atoms with Gasteiger partial charge in [-0.1, -0.05) is 36.4 Å². The fraction of sp³-hybridized carbons (Fsp3) is 0.143. The molecule has 1 amide bonds. The molecular formula is C21H19BrN2O4. The Morgan fingerprint density at radius 3 is 2.64 bits per heavy atom. The average molecular weight is 443 g/mol. The van der Waals surface area contributed by atoms with Crippen molar-refractivity contribution in [2.24, 2.45) is 5.10 Å². The van der Waals surface area contributed by atoms with Gasteiger partial charge in [0.25, 0.3) is 5.91 Å². The van der Waals surface area contributed by atoms with E-state index in [1.165, 1.54) is 6.21 Å². The van der Waals surface area contributed by atoms with E-state index in [0.717, 1.165) is 15.2 Å². The first-order valence-corrected chi connectivity index (χ1v) is 9.26. The molecule has 0 saturated carbocycles. The van der Waals surface area contributed by atoms with Gasteiger partial charge in [0.15, 0.2) is 18.1 Å². The lowest BCUT2D eigenvalue weighted by Gasteiger charge is -2.10. The van der Waals surface area contributed by atoms with Crippen molar-refractivity contribution in [2.45, 2.75) is 0 Å². The standard InChI is InChI=1S/C21H19BrN2O4/c1-26-18-9-5-7-15(21(18)27-2)12-23-24-19(25)13-28-17-11-10-14-6-3-4-8-16(14)20(17)22/h3-12H,13H2,1-2H3,(H,24,25). The van der Waals surface area contributed by atoms with Crippen molar-refractivity contribution in [1.29, 1.82) is 0 Å². The zero-order valence-corrected chi connectivity index (χ0v) is 17.0. The molecular weight excluding hydrogens is 424 g/mol. The van der Waals surface area contributed by atoms with Gasteiger partial charge in [0.05, 0.1) is 24.9 Å². The summed E-state index contributed by atoms with van der Waals surface area (Å²) in [6, 6.07) is 17.1. The first-order valence-electron chi connectivity index (χ1n) is 8.47. The maximum atomic E-state index is 12.0. The molecule has 0 aliphatic carbocycles. The Morgan fingerprint density at radius 1 is 1.04 bits per heavy atom. The van der Waals surface area contributed by atoms with E-state index in [2.05, 4.69) is 26.5 Å². The highest BCUT2D eigenvalue weighted by molar-refractivity contribution is 9.10. The molecule has 0 bridgehead atoms. The maximum absolute atomic E-state index is 12.0. The first kappa shape index (κ1) is 19.7. The van der Waals surface area contributed by atoms with Gasteiger partial charge in [0.2, 0.25) is 0 Å². The second kappa shape index (κ2) is 9.23. The Morgan fingerprint density at radius 2 is 1.86 bits per heavy atom. The van der Waals surface area contributed by atoms with Gasteiger partial charge in [0, 0.05) is 5.56 Å². The van der Waals surface area contributed by atoms with Crippen LogP contribution in [0.3, 0.4) is 0 Å². The van der Waals surface area contributed by atoms with Crippen LogP contribution in [-0.2, 0) is 4.79 Å². The number of amides is 1. The van der Waals surface area contributed by atoms with E-state index in [1.807, 2.05) is 42.5 Å². The minimum absolute atomic E-state index is 0.163. The summed E-state index contributed by atoms with van der Waals surface area (Å²) in [5.74, 6) is 1.34. The molecule has 0 atom stereocenters. The minimum atomic E-state index is -0.377. The van der Waals surface area contributed by atoms with Crippen LogP contribution in [0, 0.1) is 0 Å². The third kappa shape index (κ3) is 4.43. The highest BCUT2D eigenvalue weighted by Gasteiger charge is 2.09. The maximum Gasteiger partial charge on any atom is 0.277 e. The Labute approximate surface area is 171 Å². The SMILES string of the molecule is COc1cccc(C=NNC(=O)COc2ccc3ccccc3c2Br)c1OC. The van der Waals surface area contributed by atoms with Crippen LogP contribution >= 0.6 is 15.9 Å². The van der Waals surface area contributed by atoms with Crippen molar-refractivity contribution in [1.82, 2.24) is 5.43 Å². The van der Waals surface area contributed by atoms with Crippen LogP contribution in [0.1, 0.15) is 5.56 Å². The summed E-state index contributed by atoms with van der Waals surface area (Å²) in [5, 5.41) is 6.06. The minimum Gasteiger partial charge on any atom is -0.493 e. The molecule has 3 rings (SSSR count). The number of carbonyl (C=O) groups is 1. The van der Waals surface area contributed by atoms with E-state index in [9.17, 15) is 4.79 Å². The van der Waals surface area contributed by atoms with Crippen LogP contribution in [0.2, 0.25) is 0 Å². The molecule has 0 aliphatic heterocycles. The quantitative estimate of drug-likeness (QED) is 0.440. The monoisotopic (exact) mass is 442 g/mol. The Balaban J connectivity index is 1.61. The number of fused-ring (bicyclic) bond motifs is 1.